The van der Waals surface area contributed by atoms with Crippen molar-refractivity contribution in [2.45, 2.75) is 56.9 Å². The van der Waals surface area contributed by atoms with Gasteiger partial charge in [0.1, 0.15) is 11.8 Å². The van der Waals surface area contributed by atoms with Crippen LogP contribution >= 0.6 is 0 Å². The third-order valence-electron chi connectivity index (χ3n) is 4.57. The van der Waals surface area contributed by atoms with Crippen LogP contribution in [0.15, 0.2) is 30.3 Å². The Hall–Kier alpha value is -0.900. The van der Waals surface area contributed by atoms with Gasteiger partial charge in [-0.2, -0.15) is 0 Å². The van der Waals surface area contributed by atoms with Crippen LogP contribution in [0.3, 0.4) is 0 Å². The van der Waals surface area contributed by atoms with Gasteiger partial charge in [0.15, 0.2) is 0 Å². The Balaban J connectivity index is 1.86. The summed E-state index contributed by atoms with van der Waals surface area (Å²) in [4.78, 5) is 0. The summed E-state index contributed by atoms with van der Waals surface area (Å²) in [6.45, 7) is 2.22. The Bertz CT molecular complexity index is 414. The van der Waals surface area contributed by atoms with Crippen LogP contribution in [0.5, 0.6) is 0 Å². The molecule has 0 amide bonds. The molecule has 1 aromatic rings. The van der Waals surface area contributed by atoms with E-state index in [1.807, 2.05) is 0 Å². The van der Waals surface area contributed by atoms with E-state index in [-0.39, 0.29) is 11.8 Å². The van der Waals surface area contributed by atoms with Gasteiger partial charge >= 0.3 is 0 Å². The highest BCUT2D eigenvalue weighted by Gasteiger charge is 2.43. The minimum atomic E-state index is -0.139. The molecular weight excluding hydrogens is 236 g/mol. The van der Waals surface area contributed by atoms with Crippen LogP contribution in [0.25, 0.3) is 0 Å². The maximum absolute atomic E-state index is 6.53. The number of benzene rings is 1. The standard InChI is InChI=1S/C16H24N2O/c1-13-15(14-9-5-3-6-10-14)19-16(17-18(13)2)11-7-4-8-12-16/h3,5-6,9-10,13,15,17H,4,7-8,11-12H2,1-2H3. The summed E-state index contributed by atoms with van der Waals surface area (Å²) in [7, 11) is 2.14. The number of hydrogen-bond donors (Lipinski definition) is 1. The van der Waals surface area contributed by atoms with Crippen LogP contribution in [0.4, 0.5) is 0 Å². The minimum absolute atomic E-state index is 0.139. The molecule has 1 saturated carbocycles. The first-order valence-corrected chi connectivity index (χ1v) is 7.44. The zero-order valence-corrected chi connectivity index (χ0v) is 11.9. The predicted molar refractivity (Wildman–Crippen MR) is 76.4 cm³/mol. The van der Waals surface area contributed by atoms with Gasteiger partial charge in [0.2, 0.25) is 0 Å². The summed E-state index contributed by atoms with van der Waals surface area (Å²) >= 11 is 0. The van der Waals surface area contributed by atoms with E-state index in [0.717, 1.165) is 12.8 Å². The number of ether oxygens (including phenoxy) is 1. The van der Waals surface area contributed by atoms with Gasteiger partial charge in [-0.05, 0) is 38.2 Å². The molecule has 3 heteroatoms. The van der Waals surface area contributed by atoms with Crippen molar-refractivity contribution in [2.75, 3.05) is 7.05 Å². The van der Waals surface area contributed by atoms with Crippen molar-refractivity contribution in [3.63, 3.8) is 0 Å². The Labute approximate surface area is 115 Å². The summed E-state index contributed by atoms with van der Waals surface area (Å²) in [5.41, 5.74) is 4.74. The lowest BCUT2D eigenvalue weighted by Crippen LogP contribution is -2.64. The molecule has 0 bridgehead atoms. The molecule has 2 aliphatic rings. The molecule has 1 spiro atoms. The molecule has 3 nitrogen and oxygen atoms in total. The van der Waals surface area contributed by atoms with E-state index in [4.69, 9.17) is 4.74 Å². The molecular formula is C16H24N2O. The smallest absolute Gasteiger partial charge is 0.132 e. The van der Waals surface area contributed by atoms with Crippen molar-refractivity contribution in [3.05, 3.63) is 35.9 Å². The van der Waals surface area contributed by atoms with Crippen molar-refractivity contribution in [3.8, 4) is 0 Å². The Morgan fingerprint density at radius 3 is 2.53 bits per heavy atom. The molecule has 3 rings (SSSR count). The van der Waals surface area contributed by atoms with Crippen LogP contribution in [0.1, 0.15) is 50.7 Å². The predicted octanol–water partition coefficient (Wildman–Crippen LogP) is 3.24. The fraction of sp³-hybridized carbons (Fsp3) is 0.625. The highest BCUT2D eigenvalue weighted by Crippen LogP contribution is 2.39. The van der Waals surface area contributed by atoms with Crippen LogP contribution in [0.2, 0.25) is 0 Å². The van der Waals surface area contributed by atoms with Gasteiger partial charge in [-0.3, -0.25) is 0 Å². The van der Waals surface area contributed by atoms with Crippen LogP contribution in [-0.2, 0) is 4.74 Å². The summed E-state index contributed by atoms with van der Waals surface area (Å²) < 4.78 is 6.53. The summed E-state index contributed by atoms with van der Waals surface area (Å²) in [6.07, 6.45) is 6.25. The van der Waals surface area contributed by atoms with E-state index in [1.54, 1.807) is 0 Å². The first-order valence-electron chi connectivity index (χ1n) is 7.44. The molecule has 2 fully saturated rings. The lowest BCUT2D eigenvalue weighted by molar-refractivity contribution is -0.232. The second-order valence-electron chi connectivity index (χ2n) is 5.97. The van der Waals surface area contributed by atoms with Gasteiger partial charge < -0.3 is 4.74 Å². The number of hydrogen-bond acceptors (Lipinski definition) is 3. The maximum Gasteiger partial charge on any atom is 0.132 e. The van der Waals surface area contributed by atoms with Gasteiger partial charge in [-0.25, -0.2) is 10.4 Å². The highest BCUT2D eigenvalue weighted by molar-refractivity contribution is 5.20. The summed E-state index contributed by atoms with van der Waals surface area (Å²) in [6, 6.07) is 11.0. The fourth-order valence-corrected chi connectivity index (χ4v) is 3.34. The number of hydrazine groups is 1. The quantitative estimate of drug-likeness (QED) is 0.839. The first-order chi connectivity index (χ1) is 9.20. The van der Waals surface area contributed by atoms with E-state index in [2.05, 4.69) is 54.7 Å². The van der Waals surface area contributed by atoms with Gasteiger partial charge in [0, 0.05) is 7.05 Å². The second-order valence-corrected chi connectivity index (χ2v) is 5.97. The Morgan fingerprint density at radius 2 is 1.84 bits per heavy atom. The molecule has 0 radical (unpaired) electrons. The van der Waals surface area contributed by atoms with Crippen LogP contribution < -0.4 is 5.43 Å². The van der Waals surface area contributed by atoms with E-state index in [9.17, 15) is 0 Å². The molecule has 1 aromatic carbocycles. The van der Waals surface area contributed by atoms with E-state index < -0.39 is 0 Å². The van der Waals surface area contributed by atoms with Crippen molar-refractivity contribution in [1.82, 2.24) is 10.4 Å². The number of likely N-dealkylation sites (N-methyl/N-ethyl adjacent to an activating group) is 1. The van der Waals surface area contributed by atoms with Crippen LogP contribution in [-0.4, -0.2) is 23.8 Å². The lowest BCUT2D eigenvalue weighted by Gasteiger charge is -2.51. The average molecular weight is 260 g/mol. The van der Waals surface area contributed by atoms with Crippen molar-refractivity contribution in [1.29, 1.82) is 0 Å². The van der Waals surface area contributed by atoms with Crippen molar-refractivity contribution < 1.29 is 4.74 Å². The minimum Gasteiger partial charge on any atom is -0.350 e. The van der Waals surface area contributed by atoms with Crippen molar-refractivity contribution >= 4 is 0 Å². The molecule has 0 aromatic heterocycles. The van der Waals surface area contributed by atoms with Gasteiger partial charge in [-0.15, -0.1) is 0 Å². The third-order valence-corrected chi connectivity index (χ3v) is 4.57. The maximum atomic E-state index is 6.53. The average Bonchev–Trinajstić information content (AvgIpc) is 2.45. The zero-order chi connectivity index (χ0) is 13.3. The molecule has 19 heavy (non-hydrogen) atoms. The summed E-state index contributed by atoms with van der Waals surface area (Å²) in [5, 5.41) is 2.24. The Morgan fingerprint density at radius 1 is 1.16 bits per heavy atom. The zero-order valence-electron chi connectivity index (χ0n) is 11.9. The highest BCUT2D eigenvalue weighted by atomic mass is 16.5. The van der Waals surface area contributed by atoms with Gasteiger partial charge in [0.25, 0.3) is 0 Å². The SMILES string of the molecule is CC1C(c2ccccc2)OC2(CCCCC2)NN1C. The Kier molecular flexibility index (Phi) is 3.61. The molecule has 1 aliphatic heterocycles. The molecule has 1 aliphatic carbocycles. The van der Waals surface area contributed by atoms with E-state index in [1.165, 1.54) is 24.8 Å². The number of nitrogens with zero attached hydrogens (tertiary/aromatic N) is 1. The van der Waals surface area contributed by atoms with E-state index in [0.29, 0.717) is 6.04 Å². The van der Waals surface area contributed by atoms with Crippen LogP contribution in [0, 0.1) is 0 Å². The first kappa shape index (κ1) is 13.1. The van der Waals surface area contributed by atoms with E-state index >= 15 is 0 Å². The van der Waals surface area contributed by atoms with Crippen molar-refractivity contribution in [2.24, 2.45) is 0 Å². The molecule has 1 N–H and O–H groups in total. The van der Waals surface area contributed by atoms with Gasteiger partial charge in [0.05, 0.1) is 6.04 Å². The second kappa shape index (κ2) is 5.23. The normalized spacial score (nSPS) is 31.5. The summed E-state index contributed by atoms with van der Waals surface area (Å²) in [5.74, 6) is 0. The molecule has 1 heterocycles. The monoisotopic (exact) mass is 260 g/mol. The molecule has 1 saturated heterocycles. The topological polar surface area (TPSA) is 24.5 Å². The lowest BCUT2D eigenvalue weighted by atomic mass is 9.90. The third kappa shape index (κ3) is 2.55. The number of rotatable bonds is 1. The fourth-order valence-electron chi connectivity index (χ4n) is 3.34. The molecule has 104 valence electrons. The molecule has 2 atom stereocenters. The molecule has 2 unspecified atom stereocenters. The largest absolute Gasteiger partial charge is 0.350 e. The number of nitrogens with one attached hydrogen (secondary N) is 1. The van der Waals surface area contributed by atoms with Gasteiger partial charge in [-0.1, -0.05) is 36.8 Å².